The fourth-order valence-electron chi connectivity index (χ4n) is 1.98. The van der Waals surface area contributed by atoms with Gasteiger partial charge in [0.25, 0.3) is 0 Å². The standard InChI is InChI=1S/C13H15FN4OS/c1-20-13(16-9-15)17-11-4-2-3-10(14)12(11)18-5-7-19-8-6-18/h2-4H,5-8H2,1H3,(H,16,17). The van der Waals surface area contributed by atoms with Gasteiger partial charge >= 0.3 is 0 Å². The van der Waals surface area contributed by atoms with Crippen molar-refractivity contribution in [3.63, 3.8) is 0 Å². The number of ether oxygens (including phenoxy) is 1. The lowest BCUT2D eigenvalue weighted by Crippen LogP contribution is -2.36. The van der Waals surface area contributed by atoms with E-state index in [9.17, 15) is 4.39 Å². The summed E-state index contributed by atoms with van der Waals surface area (Å²) in [6, 6.07) is 4.77. The Morgan fingerprint density at radius 1 is 1.50 bits per heavy atom. The number of thioether (sulfide) groups is 1. The Morgan fingerprint density at radius 3 is 2.90 bits per heavy atom. The predicted octanol–water partition coefficient (Wildman–Crippen LogP) is 2.08. The molecule has 1 aromatic rings. The van der Waals surface area contributed by atoms with Crippen molar-refractivity contribution < 1.29 is 9.13 Å². The molecule has 0 bridgehead atoms. The number of anilines is 1. The molecule has 5 nitrogen and oxygen atoms in total. The molecule has 1 aliphatic rings. The largest absolute Gasteiger partial charge is 0.378 e. The number of nitriles is 1. The second-order valence-corrected chi connectivity index (χ2v) is 4.86. The topological polar surface area (TPSA) is 60.6 Å². The Hall–Kier alpha value is -1.78. The number of amidine groups is 1. The van der Waals surface area contributed by atoms with Crippen molar-refractivity contribution in [1.82, 2.24) is 5.32 Å². The van der Waals surface area contributed by atoms with Crippen LogP contribution in [0.15, 0.2) is 23.2 Å². The number of para-hydroxylation sites is 1. The van der Waals surface area contributed by atoms with Crippen LogP contribution < -0.4 is 10.2 Å². The van der Waals surface area contributed by atoms with Gasteiger partial charge in [0.2, 0.25) is 0 Å². The highest BCUT2D eigenvalue weighted by molar-refractivity contribution is 8.13. The van der Waals surface area contributed by atoms with Crippen LogP contribution in [0.5, 0.6) is 0 Å². The maximum Gasteiger partial charge on any atom is 0.183 e. The molecule has 0 radical (unpaired) electrons. The van der Waals surface area contributed by atoms with Crippen LogP contribution in [0.25, 0.3) is 0 Å². The van der Waals surface area contributed by atoms with E-state index < -0.39 is 0 Å². The third kappa shape index (κ3) is 3.40. The second-order valence-electron chi connectivity index (χ2n) is 4.06. The molecule has 20 heavy (non-hydrogen) atoms. The summed E-state index contributed by atoms with van der Waals surface area (Å²) in [6.07, 6.45) is 3.63. The summed E-state index contributed by atoms with van der Waals surface area (Å²) in [4.78, 5) is 6.24. The van der Waals surface area contributed by atoms with Gasteiger partial charge in [-0.15, -0.1) is 0 Å². The van der Waals surface area contributed by atoms with Crippen LogP contribution in [0, 0.1) is 17.3 Å². The summed E-state index contributed by atoms with van der Waals surface area (Å²) >= 11 is 1.30. The minimum atomic E-state index is -0.314. The number of halogens is 1. The molecule has 0 unspecified atom stereocenters. The van der Waals surface area contributed by atoms with E-state index in [-0.39, 0.29) is 5.82 Å². The van der Waals surface area contributed by atoms with E-state index in [0.29, 0.717) is 42.8 Å². The number of nitrogens with one attached hydrogen (secondary N) is 1. The molecular formula is C13H15FN4OS. The van der Waals surface area contributed by atoms with Crippen molar-refractivity contribution >= 4 is 28.3 Å². The van der Waals surface area contributed by atoms with Gasteiger partial charge in [-0.1, -0.05) is 17.8 Å². The summed E-state index contributed by atoms with van der Waals surface area (Å²) in [6.45, 7) is 2.40. The van der Waals surface area contributed by atoms with Gasteiger partial charge in [0.05, 0.1) is 24.6 Å². The molecule has 0 aliphatic carbocycles. The molecular weight excluding hydrogens is 279 g/mol. The Labute approximate surface area is 121 Å². The van der Waals surface area contributed by atoms with E-state index in [2.05, 4.69) is 10.3 Å². The third-order valence-corrected chi connectivity index (χ3v) is 3.45. The zero-order valence-corrected chi connectivity index (χ0v) is 11.9. The highest BCUT2D eigenvalue weighted by Gasteiger charge is 2.18. The van der Waals surface area contributed by atoms with Crippen LogP contribution in [-0.4, -0.2) is 37.7 Å². The first-order chi connectivity index (χ1) is 9.76. The molecule has 1 fully saturated rings. The number of hydrogen-bond acceptors (Lipinski definition) is 5. The zero-order valence-electron chi connectivity index (χ0n) is 11.1. The maximum absolute atomic E-state index is 14.1. The average Bonchev–Trinajstić information content (AvgIpc) is 2.48. The number of rotatable bonds is 2. The minimum Gasteiger partial charge on any atom is -0.378 e. The van der Waals surface area contributed by atoms with E-state index in [4.69, 9.17) is 10.00 Å². The van der Waals surface area contributed by atoms with Gasteiger partial charge in [0, 0.05) is 13.1 Å². The van der Waals surface area contributed by atoms with Crippen LogP contribution in [-0.2, 0) is 4.74 Å². The Morgan fingerprint density at radius 2 is 2.25 bits per heavy atom. The van der Waals surface area contributed by atoms with E-state index in [1.165, 1.54) is 17.8 Å². The van der Waals surface area contributed by atoms with Gasteiger partial charge in [0.15, 0.2) is 11.4 Å². The average molecular weight is 294 g/mol. The van der Waals surface area contributed by atoms with Crippen molar-refractivity contribution in [2.24, 2.45) is 4.99 Å². The fraction of sp³-hybridized carbons (Fsp3) is 0.385. The lowest BCUT2D eigenvalue weighted by molar-refractivity contribution is 0.122. The summed E-state index contributed by atoms with van der Waals surface area (Å²) in [5.74, 6) is -0.314. The Bertz CT molecular complexity index is 538. The highest BCUT2D eigenvalue weighted by Crippen LogP contribution is 2.32. The molecule has 0 amide bonds. The fourth-order valence-corrected chi connectivity index (χ4v) is 2.31. The first-order valence-corrected chi connectivity index (χ1v) is 7.37. The van der Waals surface area contributed by atoms with E-state index >= 15 is 0 Å². The van der Waals surface area contributed by atoms with Crippen molar-refractivity contribution in [3.05, 3.63) is 24.0 Å². The first-order valence-electron chi connectivity index (χ1n) is 6.15. The number of benzene rings is 1. The molecule has 1 aromatic carbocycles. The summed E-state index contributed by atoms with van der Waals surface area (Å²) in [7, 11) is 0. The first kappa shape index (κ1) is 14.6. The Balaban J connectivity index is 2.37. The van der Waals surface area contributed by atoms with Crippen LogP contribution in [0.3, 0.4) is 0 Å². The SMILES string of the molecule is CSC(=Nc1cccc(F)c1N1CCOCC1)NC#N. The van der Waals surface area contributed by atoms with Gasteiger partial charge in [-0.3, -0.25) is 5.32 Å². The molecule has 0 saturated carbocycles. The molecule has 0 atom stereocenters. The van der Waals surface area contributed by atoms with Gasteiger partial charge in [-0.2, -0.15) is 5.26 Å². The van der Waals surface area contributed by atoms with Crippen molar-refractivity contribution in [3.8, 4) is 6.19 Å². The third-order valence-electron chi connectivity index (χ3n) is 2.87. The summed E-state index contributed by atoms with van der Waals surface area (Å²) < 4.78 is 19.4. The zero-order chi connectivity index (χ0) is 14.4. The monoisotopic (exact) mass is 294 g/mol. The molecule has 1 N–H and O–H groups in total. The van der Waals surface area contributed by atoms with Crippen LogP contribution in [0.1, 0.15) is 0 Å². The van der Waals surface area contributed by atoms with E-state index in [1.807, 2.05) is 11.1 Å². The normalized spacial score (nSPS) is 15.8. The molecule has 0 spiro atoms. The summed E-state index contributed by atoms with van der Waals surface area (Å²) in [5.41, 5.74) is 0.973. The summed E-state index contributed by atoms with van der Waals surface area (Å²) in [5, 5.41) is 11.6. The molecule has 0 aromatic heterocycles. The second kappa shape index (κ2) is 7.12. The molecule has 1 heterocycles. The number of nitrogens with zero attached hydrogens (tertiary/aromatic N) is 3. The smallest absolute Gasteiger partial charge is 0.183 e. The molecule has 2 rings (SSSR count). The predicted molar refractivity (Wildman–Crippen MR) is 78.8 cm³/mol. The van der Waals surface area contributed by atoms with Gasteiger partial charge in [-0.05, 0) is 18.4 Å². The number of hydrogen-bond donors (Lipinski definition) is 1. The Kier molecular flexibility index (Phi) is 5.21. The van der Waals surface area contributed by atoms with Crippen molar-refractivity contribution in [2.45, 2.75) is 0 Å². The van der Waals surface area contributed by atoms with Gasteiger partial charge < -0.3 is 9.64 Å². The van der Waals surface area contributed by atoms with Gasteiger partial charge in [-0.25, -0.2) is 9.38 Å². The van der Waals surface area contributed by atoms with E-state index in [0.717, 1.165) is 0 Å². The molecule has 106 valence electrons. The molecule has 1 saturated heterocycles. The quantitative estimate of drug-likeness (QED) is 0.392. The van der Waals surface area contributed by atoms with Crippen LogP contribution in [0.2, 0.25) is 0 Å². The van der Waals surface area contributed by atoms with Crippen LogP contribution in [0.4, 0.5) is 15.8 Å². The maximum atomic E-state index is 14.1. The molecule has 1 aliphatic heterocycles. The number of morpholine rings is 1. The van der Waals surface area contributed by atoms with Crippen LogP contribution >= 0.6 is 11.8 Å². The lowest BCUT2D eigenvalue weighted by Gasteiger charge is -2.30. The molecule has 7 heteroatoms. The van der Waals surface area contributed by atoms with Gasteiger partial charge in [0.1, 0.15) is 5.82 Å². The van der Waals surface area contributed by atoms with E-state index in [1.54, 1.807) is 18.4 Å². The van der Waals surface area contributed by atoms with Crippen molar-refractivity contribution in [2.75, 3.05) is 37.5 Å². The lowest BCUT2D eigenvalue weighted by atomic mass is 10.2. The number of aliphatic imine (C=N–C) groups is 1. The minimum absolute atomic E-state index is 0.314. The highest BCUT2D eigenvalue weighted by atomic mass is 32.2. The van der Waals surface area contributed by atoms with Crippen molar-refractivity contribution in [1.29, 1.82) is 5.26 Å².